The standard InChI is InChI=1S/C12H13BrF2N2S/c1-12(2)3-4-18-11(17-12)16-10-8(13)5-7(14)6-9(10)15/h5-6H,3-4H2,1-2H3,(H,16,17). The maximum absolute atomic E-state index is 13.7. The fourth-order valence-corrected chi connectivity index (χ4v) is 3.38. The third kappa shape index (κ3) is 3.23. The number of thioether (sulfide) groups is 1. The van der Waals surface area contributed by atoms with Crippen LogP contribution in [0.3, 0.4) is 0 Å². The molecule has 0 saturated heterocycles. The van der Waals surface area contributed by atoms with Gasteiger partial charge in [0.1, 0.15) is 5.82 Å². The lowest BCUT2D eigenvalue weighted by atomic mass is 10.0. The number of anilines is 1. The number of halogens is 3. The highest BCUT2D eigenvalue weighted by Crippen LogP contribution is 2.31. The average Bonchev–Trinajstić information content (AvgIpc) is 2.22. The SMILES string of the molecule is CC1(C)CCSC(Nc2c(F)cc(F)cc2Br)=N1. The van der Waals surface area contributed by atoms with Crippen molar-refractivity contribution in [2.75, 3.05) is 11.1 Å². The van der Waals surface area contributed by atoms with E-state index in [1.807, 2.05) is 13.8 Å². The Labute approximate surface area is 117 Å². The minimum Gasteiger partial charge on any atom is -0.332 e. The molecule has 0 unspecified atom stereocenters. The van der Waals surface area contributed by atoms with Crippen molar-refractivity contribution in [2.45, 2.75) is 25.8 Å². The maximum atomic E-state index is 13.7. The van der Waals surface area contributed by atoms with Gasteiger partial charge in [-0.05, 0) is 42.3 Å². The molecule has 98 valence electrons. The van der Waals surface area contributed by atoms with Crippen LogP contribution in [-0.2, 0) is 0 Å². The lowest BCUT2D eigenvalue weighted by Crippen LogP contribution is -2.27. The summed E-state index contributed by atoms with van der Waals surface area (Å²) in [4.78, 5) is 4.50. The molecule has 18 heavy (non-hydrogen) atoms. The average molecular weight is 335 g/mol. The van der Waals surface area contributed by atoms with Crippen molar-refractivity contribution in [1.82, 2.24) is 0 Å². The second-order valence-corrected chi connectivity index (χ2v) is 6.64. The zero-order chi connectivity index (χ0) is 13.3. The van der Waals surface area contributed by atoms with Crippen LogP contribution in [0.2, 0.25) is 0 Å². The molecule has 0 spiro atoms. The third-order valence-corrected chi connectivity index (χ3v) is 4.10. The minimum absolute atomic E-state index is 0.142. The molecule has 0 bridgehead atoms. The molecule has 0 atom stereocenters. The molecule has 1 aromatic rings. The lowest BCUT2D eigenvalue weighted by Gasteiger charge is -2.26. The quantitative estimate of drug-likeness (QED) is 0.822. The second kappa shape index (κ2) is 5.17. The Bertz CT molecular complexity index is 480. The highest BCUT2D eigenvalue weighted by molar-refractivity contribution is 9.10. The van der Waals surface area contributed by atoms with E-state index < -0.39 is 11.6 Å². The highest BCUT2D eigenvalue weighted by atomic mass is 79.9. The lowest BCUT2D eigenvalue weighted by molar-refractivity contribution is 0.507. The van der Waals surface area contributed by atoms with Crippen molar-refractivity contribution in [2.24, 2.45) is 4.99 Å². The number of hydrogen-bond donors (Lipinski definition) is 1. The van der Waals surface area contributed by atoms with Crippen LogP contribution in [-0.4, -0.2) is 16.5 Å². The van der Waals surface area contributed by atoms with Crippen molar-refractivity contribution in [3.8, 4) is 0 Å². The Balaban J connectivity index is 2.27. The Kier molecular flexibility index (Phi) is 3.96. The fourth-order valence-electron chi connectivity index (χ4n) is 1.59. The number of aliphatic imine (C=N–C) groups is 1. The number of hydrogen-bond acceptors (Lipinski definition) is 3. The van der Waals surface area contributed by atoms with Crippen molar-refractivity contribution in [1.29, 1.82) is 0 Å². The van der Waals surface area contributed by atoms with Crippen LogP contribution in [0.15, 0.2) is 21.6 Å². The van der Waals surface area contributed by atoms with Gasteiger partial charge in [0.05, 0.1) is 11.2 Å². The van der Waals surface area contributed by atoms with E-state index in [0.717, 1.165) is 18.2 Å². The highest BCUT2D eigenvalue weighted by Gasteiger charge is 2.23. The molecule has 0 aromatic heterocycles. The topological polar surface area (TPSA) is 24.4 Å². The Morgan fingerprint density at radius 3 is 2.72 bits per heavy atom. The number of nitrogens with one attached hydrogen (secondary N) is 1. The van der Waals surface area contributed by atoms with Gasteiger partial charge in [0.25, 0.3) is 0 Å². The molecular formula is C12H13BrF2N2S. The molecule has 0 aliphatic carbocycles. The van der Waals surface area contributed by atoms with Gasteiger partial charge in [-0.25, -0.2) is 8.78 Å². The number of benzene rings is 1. The second-order valence-electron chi connectivity index (χ2n) is 4.70. The molecule has 2 nitrogen and oxygen atoms in total. The van der Waals surface area contributed by atoms with Gasteiger partial charge >= 0.3 is 0 Å². The van der Waals surface area contributed by atoms with Gasteiger partial charge in [-0.15, -0.1) is 0 Å². The number of amidine groups is 1. The normalized spacial score (nSPS) is 18.4. The van der Waals surface area contributed by atoms with E-state index >= 15 is 0 Å². The summed E-state index contributed by atoms with van der Waals surface area (Å²) in [6.07, 6.45) is 0.982. The Morgan fingerprint density at radius 1 is 1.39 bits per heavy atom. The molecule has 1 heterocycles. The van der Waals surface area contributed by atoms with Crippen LogP contribution in [0.4, 0.5) is 14.5 Å². The zero-order valence-electron chi connectivity index (χ0n) is 10.1. The van der Waals surface area contributed by atoms with Crippen LogP contribution < -0.4 is 5.32 Å². The molecule has 6 heteroatoms. The first-order chi connectivity index (χ1) is 8.37. The van der Waals surface area contributed by atoms with E-state index in [4.69, 9.17) is 0 Å². The van der Waals surface area contributed by atoms with E-state index in [1.165, 1.54) is 17.8 Å². The first-order valence-electron chi connectivity index (χ1n) is 5.52. The molecule has 0 fully saturated rings. The van der Waals surface area contributed by atoms with Gasteiger partial charge in [0, 0.05) is 16.3 Å². The van der Waals surface area contributed by atoms with Gasteiger partial charge < -0.3 is 5.32 Å². The first-order valence-corrected chi connectivity index (χ1v) is 7.29. The van der Waals surface area contributed by atoms with E-state index in [1.54, 1.807) is 0 Å². The van der Waals surface area contributed by atoms with Crippen LogP contribution in [0, 0.1) is 11.6 Å². The Hall–Kier alpha value is -0.620. The monoisotopic (exact) mass is 334 g/mol. The van der Waals surface area contributed by atoms with Gasteiger partial charge in [0.15, 0.2) is 11.0 Å². The number of rotatable bonds is 1. The van der Waals surface area contributed by atoms with Crippen LogP contribution in [0.5, 0.6) is 0 Å². The molecule has 1 aliphatic heterocycles. The van der Waals surface area contributed by atoms with Gasteiger partial charge in [-0.3, -0.25) is 4.99 Å². The van der Waals surface area contributed by atoms with E-state index in [-0.39, 0.29) is 11.2 Å². The van der Waals surface area contributed by atoms with Gasteiger partial charge in [-0.2, -0.15) is 0 Å². The summed E-state index contributed by atoms with van der Waals surface area (Å²) in [5, 5.41) is 3.59. The molecular weight excluding hydrogens is 322 g/mol. The molecule has 2 rings (SSSR count). The van der Waals surface area contributed by atoms with Crippen LogP contribution >= 0.6 is 27.7 Å². The van der Waals surface area contributed by atoms with Gasteiger partial charge in [0.2, 0.25) is 0 Å². The van der Waals surface area contributed by atoms with E-state index in [0.29, 0.717) is 9.64 Å². The molecule has 1 N–H and O–H groups in total. The van der Waals surface area contributed by atoms with Crippen molar-refractivity contribution in [3.05, 3.63) is 28.2 Å². The van der Waals surface area contributed by atoms with Gasteiger partial charge in [-0.1, -0.05) is 11.8 Å². The predicted molar refractivity (Wildman–Crippen MR) is 76.3 cm³/mol. The minimum atomic E-state index is -0.631. The summed E-state index contributed by atoms with van der Waals surface area (Å²) in [6, 6.07) is 2.08. The summed E-state index contributed by atoms with van der Waals surface area (Å²) >= 11 is 4.69. The summed E-state index contributed by atoms with van der Waals surface area (Å²) < 4.78 is 27.0. The maximum Gasteiger partial charge on any atom is 0.161 e. The third-order valence-electron chi connectivity index (χ3n) is 2.60. The van der Waals surface area contributed by atoms with Crippen LogP contribution in [0.25, 0.3) is 0 Å². The summed E-state index contributed by atoms with van der Waals surface area (Å²) in [7, 11) is 0. The smallest absolute Gasteiger partial charge is 0.161 e. The largest absolute Gasteiger partial charge is 0.332 e. The molecule has 0 amide bonds. The number of nitrogens with zero attached hydrogens (tertiary/aromatic N) is 1. The summed E-state index contributed by atoms with van der Waals surface area (Å²) in [5.74, 6) is -0.309. The molecule has 0 saturated carbocycles. The molecule has 1 aliphatic rings. The molecule has 1 aromatic carbocycles. The van der Waals surface area contributed by atoms with E-state index in [2.05, 4.69) is 26.2 Å². The van der Waals surface area contributed by atoms with Crippen molar-refractivity contribution in [3.63, 3.8) is 0 Å². The predicted octanol–water partition coefficient (Wildman–Crippen LogP) is 4.41. The van der Waals surface area contributed by atoms with E-state index in [9.17, 15) is 8.78 Å². The first kappa shape index (κ1) is 13.8. The zero-order valence-corrected chi connectivity index (χ0v) is 12.5. The summed E-state index contributed by atoms with van der Waals surface area (Å²) in [6.45, 7) is 4.06. The van der Waals surface area contributed by atoms with Crippen LogP contribution in [0.1, 0.15) is 20.3 Å². The Morgan fingerprint density at radius 2 is 2.11 bits per heavy atom. The van der Waals surface area contributed by atoms with Crippen molar-refractivity contribution >= 4 is 38.5 Å². The fraction of sp³-hybridized carbons (Fsp3) is 0.417. The van der Waals surface area contributed by atoms with Crippen molar-refractivity contribution < 1.29 is 8.78 Å². The molecule has 0 radical (unpaired) electrons. The summed E-state index contributed by atoms with van der Waals surface area (Å²) in [5.41, 5.74) is 0.0803.